The highest BCUT2D eigenvalue weighted by atomic mass is 16.6. The summed E-state index contributed by atoms with van der Waals surface area (Å²) in [5.74, 6) is -0.254. The average molecular weight is 249 g/mol. The Labute approximate surface area is 105 Å². The maximum Gasteiger partial charge on any atom is 0.270 e. The predicted octanol–water partition coefficient (Wildman–Crippen LogP) is 0.995. The number of carbonyl (C=O) groups is 1. The first-order valence-corrected chi connectivity index (χ1v) is 5.84. The van der Waals surface area contributed by atoms with Gasteiger partial charge in [-0.3, -0.25) is 14.9 Å². The van der Waals surface area contributed by atoms with Gasteiger partial charge in [-0.2, -0.15) is 0 Å². The van der Waals surface area contributed by atoms with Gasteiger partial charge in [-0.25, -0.2) is 0 Å². The molecule has 1 fully saturated rings. The van der Waals surface area contributed by atoms with Crippen LogP contribution in [0.25, 0.3) is 0 Å². The van der Waals surface area contributed by atoms with Crippen LogP contribution >= 0.6 is 0 Å². The molecule has 6 nitrogen and oxygen atoms in total. The van der Waals surface area contributed by atoms with Crippen molar-refractivity contribution in [1.29, 1.82) is 0 Å². The number of rotatable bonds is 3. The fourth-order valence-corrected chi connectivity index (χ4v) is 2.05. The summed E-state index contributed by atoms with van der Waals surface area (Å²) in [7, 11) is 0. The van der Waals surface area contributed by atoms with Crippen LogP contribution < -0.4 is 10.6 Å². The summed E-state index contributed by atoms with van der Waals surface area (Å²) < 4.78 is 0. The fourth-order valence-electron chi connectivity index (χ4n) is 2.05. The second kappa shape index (κ2) is 5.14. The second-order valence-corrected chi connectivity index (χ2v) is 4.48. The molecule has 2 rings (SSSR count). The summed E-state index contributed by atoms with van der Waals surface area (Å²) in [6.07, 6.45) is 0.889. The van der Waals surface area contributed by atoms with Crippen LogP contribution in [0.2, 0.25) is 0 Å². The first-order chi connectivity index (χ1) is 8.56. The Morgan fingerprint density at radius 1 is 1.50 bits per heavy atom. The Morgan fingerprint density at radius 3 is 2.89 bits per heavy atom. The van der Waals surface area contributed by atoms with Crippen LogP contribution in [0.3, 0.4) is 0 Å². The monoisotopic (exact) mass is 249 g/mol. The molecule has 0 radical (unpaired) electrons. The number of hydrogen-bond acceptors (Lipinski definition) is 4. The minimum atomic E-state index is -0.485. The number of carbonyl (C=O) groups excluding carboxylic acids is 1. The van der Waals surface area contributed by atoms with Crippen LogP contribution in [0.1, 0.15) is 22.3 Å². The summed E-state index contributed by atoms with van der Waals surface area (Å²) >= 11 is 0. The van der Waals surface area contributed by atoms with Gasteiger partial charge in [0.25, 0.3) is 11.6 Å². The molecule has 1 aliphatic rings. The molecule has 1 aliphatic heterocycles. The van der Waals surface area contributed by atoms with E-state index < -0.39 is 4.92 Å². The molecule has 0 saturated carbocycles. The summed E-state index contributed by atoms with van der Waals surface area (Å²) in [6.45, 7) is 3.37. The van der Waals surface area contributed by atoms with Crippen LogP contribution in [0.5, 0.6) is 0 Å². The zero-order chi connectivity index (χ0) is 13.1. The third-order valence-electron chi connectivity index (χ3n) is 2.93. The first-order valence-electron chi connectivity index (χ1n) is 5.84. The van der Waals surface area contributed by atoms with Crippen molar-refractivity contribution in [2.75, 3.05) is 13.1 Å². The molecule has 6 heteroatoms. The van der Waals surface area contributed by atoms with Crippen LogP contribution in [0, 0.1) is 17.0 Å². The third-order valence-corrected chi connectivity index (χ3v) is 2.93. The Bertz CT molecular complexity index is 481. The molecule has 1 aromatic rings. The molecule has 18 heavy (non-hydrogen) atoms. The van der Waals surface area contributed by atoms with Gasteiger partial charge in [0.1, 0.15) is 0 Å². The second-order valence-electron chi connectivity index (χ2n) is 4.48. The van der Waals surface area contributed by atoms with E-state index in [4.69, 9.17) is 0 Å². The molecule has 0 spiro atoms. The normalized spacial score (nSPS) is 18.6. The Balaban J connectivity index is 2.16. The molecule has 0 bridgehead atoms. The van der Waals surface area contributed by atoms with Crippen LogP contribution in [-0.4, -0.2) is 30.0 Å². The van der Waals surface area contributed by atoms with Gasteiger partial charge in [-0.1, -0.05) is 0 Å². The van der Waals surface area contributed by atoms with E-state index in [2.05, 4.69) is 10.6 Å². The van der Waals surface area contributed by atoms with Crippen LogP contribution in [-0.2, 0) is 0 Å². The Hall–Kier alpha value is -1.95. The van der Waals surface area contributed by atoms with Gasteiger partial charge in [0, 0.05) is 30.3 Å². The van der Waals surface area contributed by atoms with E-state index in [0.29, 0.717) is 11.1 Å². The van der Waals surface area contributed by atoms with Crippen molar-refractivity contribution in [2.45, 2.75) is 19.4 Å². The minimum Gasteiger partial charge on any atom is -0.348 e. The number of nitrogens with zero attached hydrogens (tertiary/aromatic N) is 1. The lowest BCUT2D eigenvalue weighted by Crippen LogP contribution is -2.36. The van der Waals surface area contributed by atoms with Gasteiger partial charge in [0.2, 0.25) is 0 Å². The van der Waals surface area contributed by atoms with Crippen molar-refractivity contribution in [3.63, 3.8) is 0 Å². The lowest BCUT2D eigenvalue weighted by Gasteiger charge is -2.11. The van der Waals surface area contributed by atoms with E-state index in [1.54, 1.807) is 13.0 Å². The number of hydrogen-bond donors (Lipinski definition) is 2. The molecule has 0 aliphatic carbocycles. The van der Waals surface area contributed by atoms with E-state index in [9.17, 15) is 14.9 Å². The summed E-state index contributed by atoms with van der Waals surface area (Å²) in [5.41, 5.74) is 0.997. The van der Waals surface area contributed by atoms with Crippen molar-refractivity contribution < 1.29 is 9.72 Å². The molecule has 1 heterocycles. The van der Waals surface area contributed by atoms with Gasteiger partial charge in [0.05, 0.1) is 4.92 Å². The van der Waals surface area contributed by atoms with E-state index >= 15 is 0 Å². The van der Waals surface area contributed by atoms with Crippen LogP contribution in [0.15, 0.2) is 18.2 Å². The average Bonchev–Trinajstić information content (AvgIpc) is 2.80. The topological polar surface area (TPSA) is 84.3 Å². The largest absolute Gasteiger partial charge is 0.348 e. The number of benzene rings is 1. The molecule has 1 atom stereocenters. The Kier molecular flexibility index (Phi) is 3.57. The number of nitrogens with one attached hydrogen (secondary N) is 2. The summed E-state index contributed by atoms with van der Waals surface area (Å²) in [6, 6.07) is 4.53. The van der Waals surface area contributed by atoms with Crippen molar-refractivity contribution in [1.82, 2.24) is 10.6 Å². The lowest BCUT2D eigenvalue weighted by molar-refractivity contribution is -0.384. The van der Waals surface area contributed by atoms with Crippen molar-refractivity contribution >= 4 is 11.6 Å². The van der Waals surface area contributed by atoms with Gasteiger partial charge in [-0.05, 0) is 31.5 Å². The fraction of sp³-hybridized carbons (Fsp3) is 0.417. The maximum absolute atomic E-state index is 12.0. The molecular weight excluding hydrogens is 234 g/mol. The molecule has 96 valence electrons. The molecule has 1 saturated heterocycles. The van der Waals surface area contributed by atoms with Crippen molar-refractivity contribution in [2.24, 2.45) is 0 Å². The molecule has 1 amide bonds. The molecule has 0 aromatic heterocycles. The van der Waals surface area contributed by atoms with Crippen molar-refractivity contribution in [3.05, 3.63) is 39.4 Å². The highest BCUT2D eigenvalue weighted by molar-refractivity contribution is 5.95. The van der Waals surface area contributed by atoms with Gasteiger partial charge >= 0.3 is 0 Å². The summed E-state index contributed by atoms with van der Waals surface area (Å²) in [4.78, 5) is 22.2. The van der Waals surface area contributed by atoms with Crippen molar-refractivity contribution in [3.8, 4) is 0 Å². The predicted molar refractivity (Wildman–Crippen MR) is 66.6 cm³/mol. The van der Waals surface area contributed by atoms with E-state index in [0.717, 1.165) is 19.5 Å². The minimum absolute atomic E-state index is 0.0512. The van der Waals surface area contributed by atoms with E-state index in [1.165, 1.54) is 12.1 Å². The molecule has 1 unspecified atom stereocenters. The number of non-ortho nitro benzene ring substituents is 1. The zero-order valence-corrected chi connectivity index (χ0v) is 10.1. The highest BCUT2D eigenvalue weighted by Crippen LogP contribution is 2.17. The summed E-state index contributed by atoms with van der Waals surface area (Å²) in [5, 5.41) is 16.7. The first kappa shape index (κ1) is 12.5. The lowest BCUT2D eigenvalue weighted by atomic mass is 10.1. The number of nitro groups is 1. The SMILES string of the molecule is Cc1cc(C(=O)NC2CCNC2)cc([N+](=O)[O-])c1. The quantitative estimate of drug-likeness (QED) is 0.618. The smallest absolute Gasteiger partial charge is 0.270 e. The highest BCUT2D eigenvalue weighted by Gasteiger charge is 2.19. The van der Waals surface area contributed by atoms with Crippen LogP contribution in [0.4, 0.5) is 5.69 Å². The molecule has 2 N–H and O–H groups in total. The Morgan fingerprint density at radius 2 is 2.28 bits per heavy atom. The zero-order valence-electron chi connectivity index (χ0n) is 10.1. The standard InChI is InChI=1S/C12H15N3O3/c1-8-4-9(6-11(5-8)15(17)18)12(16)14-10-2-3-13-7-10/h4-6,10,13H,2-3,7H2,1H3,(H,14,16). The van der Waals surface area contributed by atoms with E-state index in [1.807, 2.05) is 0 Å². The third kappa shape index (κ3) is 2.84. The number of amides is 1. The number of aryl methyl sites for hydroxylation is 1. The van der Waals surface area contributed by atoms with Gasteiger partial charge in [0.15, 0.2) is 0 Å². The molecule has 1 aromatic carbocycles. The van der Waals surface area contributed by atoms with Gasteiger partial charge < -0.3 is 10.6 Å². The maximum atomic E-state index is 12.0. The van der Waals surface area contributed by atoms with Gasteiger partial charge in [-0.15, -0.1) is 0 Å². The molecular formula is C12H15N3O3. The number of nitro benzene ring substituents is 1. The van der Waals surface area contributed by atoms with E-state index in [-0.39, 0.29) is 17.6 Å².